The molecule has 9 heteroatoms. The fraction of sp³-hybridized carbons (Fsp3) is 0.350. The van der Waals surface area contributed by atoms with Crippen LogP contribution in [0.5, 0.6) is 0 Å². The van der Waals surface area contributed by atoms with Crippen LogP contribution < -0.4 is 5.73 Å². The average Bonchev–Trinajstić information content (AvgIpc) is 3.09. The number of aromatic carboxylic acids is 1. The Hall–Kier alpha value is -3.07. The summed E-state index contributed by atoms with van der Waals surface area (Å²) in [6, 6.07) is 7.13. The van der Waals surface area contributed by atoms with Gasteiger partial charge in [0.2, 0.25) is 0 Å². The second kappa shape index (κ2) is 7.40. The van der Waals surface area contributed by atoms with Crippen LogP contribution in [-0.2, 0) is 6.54 Å². The summed E-state index contributed by atoms with van der Waals surface area (Å²) in [6.07, 6.45) is 3.26. The Balaban J connectivity index is 1.50. The van der Waals surface area contributed by atoms with Crippen LogP contribution >= 0.6 is 0 Å². The van der Waals surface area contributed by atoms with Crippen LogP contribution in [0, 0.1) is 0 Å². The van der Waals surface area contributed by atoms with Gasteiger partial charge in [0.1, 0.15) is 11.4 Å². The molecule has 1 fully saturated rings. The van der Waals surface area contributed by atoms with Gasteiger partial charge in [-0.1, -0.05) is 6.07 Å². The third-order valence-corrected chi connectivity index (χ3v) is 5.27. The Labute approximate surface area is 165 Å². The van der Waals surface area contributed by atoms with Crippen molar-refractivity contribution in [3.05, 3.63) is 42.2 Å². The van der Waals surface area contributed by atoms with E-state index < -0.39 is 11.9 Å². The maximum Gasteiger partial charge on any atom is 0.339 e. The van der Waals surface area contributed by atoms with Crippen LogP contribution in [0.1, 0.15) is 23.2 Å². The Morgan fingerprint density at radius 3 is 2.66 bits per heavy atom. The number of halogens is 2. The molecule has 3 heterocycles. The fourth-order valence-corrected chi connectivity index (χ4v) is 3.52. The monoisotopic (exact) mass is 401 g/mol. The average molecular weight is 401 g/mol. The van der Waals surface area contributed by atoms with Crippen LogP contribution in [-0.4, -0.2) is 56.3 Å². The van der Waals surface area contributed by atoms with Crippen LogP contribution in [0.3, 0.4) is 0 Å². The molecule has 0 atom stereocenters. The minimum atomic E-state index is -2.54. The van der Waals surface area contributed by atoms with E-state index in [4.69, 9.17) is 5.73 Å². The lowest BCUT2D eigenvalue weighted by Gasteiger charge is -2.31. The molecule has 0 amide bonds. The van der Waals surface area contributed by atoms with Gasteiger partial charge in [0, 0.05) is 55.8 Å². The molecule has 152 valence electrons. The number of carboxylic acid groups (broad SMARTS) is 1. The number of alkyl halides is 2. The van der Waals surface area contributed by atoms with Gasteiger partial charge in [0.15, 0.2) is 0 Å². The van der Waals surface area contributed by atoms with E-state index in [0.29, 0.717) is 31.7 Å². The van der Waals surface area contributed by atoms with Gasteiger partial charge in [-0.2, -0.15) is 5.10 Å². The maximum atomic E-state index is 13.3. The zero-order valence-corrected chi connectivity index (χ0v) is 15.7. The number of likely N-dealkylation sites (tertiary alicyclic amines) is 1. The highest BCUT2D eigenvalue weighted by atomic mass is 19.3. The van der Waals surface area contributed by atoms with Crippen LogP contribution in [0.25, 0.3) is 22.0 Å². The first-order valence-electron chi connectivity index (χ1n) is 9.37. The number of fused-ring (bicyclic) bond motifs is 1. The van der Waals surface area contributed by atoms with Gasteiger partial charge in [-0.25, -0.2) is 18.6 Å². The van der Waals surface area contributed by atoms with Gasteiger partial charge in [0.05, 0.1) is 12.1 Å². The molecule has 1 aliphatic heterocycles. The van der Waals surface area contributed by atoms with E-state index in [0.717, 1.165) is 16.5 Å². The number of nitrogens with zero attached hydrogens (tertiary/aromatic N) is 4. The molecule has 1 saturated heterocycles. The van der Waals surface area contributed by atoms with E-state index in [1.54, 1.807) is 6.20 Å². The van der Waals surface area contributed by atoms with E-state index in [-0.39, 0.29) is 24.2 Å². The summed E-state index contributed by atoms with van der Waals surface area (Å²) in [5.41, 5.74) is 7.85. The van der Waals surface area contributed by atoms with E-state index >= 15 is 0 Å². The summed E-state index contributed by atoms with van der Waals surface area (Å²) in [7, 11) is 0. The molecule has 0 aliphatic carbocycles. The quantitative estimate of drug-likeness (QED) is 0.682. The molecule has 3 N–H and O–H groups in total. The van der Waals surface area contributed by atoms with Crippen molar-refractivity contribution in [3.8, 4) is 11.1 Å². The summed E-state index contributed by atoms with van der Waals surface area (Å²) >= 11 is 0. The van der Waals surface area contributed by atoms with Gasteiger partial charge >= 0.3 is 5.97 Å². The smallest absolute Gasteiger partial charge is 0.339 e. The normalized spacial score (nSPS) is 16.9. The van der Waals surface area contributed by atoms with Crippen LogP contribution in [0.2, 0.25) is 0 Å². The minimum absolute atomic E-state index is 0.0226. The van der Waals surface area contributed by atoms with E-state index in [9.17, 15) is 18.7 Å². The molecule has 1 aliphatic rings. The van der Waals surface area contributed by atoms with Gasteiger partial charge in [0.25, 0.3) is 5.92 Å². The first kappa shape index (κ1) is 19.3. The second-order valence-electron chi connectivity index (χ2n) is 7.33. The number of hydrogen-bond donors (Lipinski definition) is 2. The Morgan fingerprint density at radius 2 is 1.93 bits per heavy atom. The van der Waals surface area contributed by atoms with Gasteiger partial charge in [-0.05, 0) is 23.8 Å². The van der Waals surface area contributed by atoms with E-state index in [1.165, 1.54) is 6.07 Å². The maximum absolute atomic E-state index is 13.3. The number of nitrogens with two attached hydrogens (primary N) is 1. The summed E-state index contributed by atoms with van der Waals surface area (Å²) in [5.74, 6) is -3.68. The number of rotatable bonds is 5. The molecule has 29 heavy (non-hydrogen) atoms. The molecule has 4 rings (SSSR count). The minimum Gasteiger partial charge on any atom is -0.478 e. The number of anilines is 1. The van der Waals surface area contributed by atoms with Crippen molar-refractivity contribution in [1.82, 2.24) is 19.7 Å². The largest absolute Gasteiger partial charge is 0.478 e. The highest BCUT2D eigenvalue weighted by Gasteiger charge is 2.33. The van der Waals surface area contributed by atoms with Crippen LogP contribution in [0.4, 0.5) is 14.6 Å². The zero-order chi connectivity index (χ0) is 20.6. The number of carboxylic acids is 1. The molecule has 0 radical (unpaired) electrons. The van der Waals surface area contributed by atoms with Crippen molar-refractivity contribution in [2.24, 2.45) is 0 Å². The molecule has 7 nitrogen and oxygen atoms in total. The number of piperidine rings is 1. The third-order valence-electron chi connectivity index (χ3n) is 5.27. The fourth-order valence-electron chi connectivity index (χ4n) is 3.52. The first-order valence-corrected chi connectivity index (χ1v) is 9.37. The van der Waals surface area contributed by atoms with Gasteiger partial charge < -0.3 is 15.7 Å². The Bertz CT molecular complexity index is 1060. The summed E-state index contributed by atoms with van der Waals surface area (Å²) < 4.78 is 28.3. The van der Waals surface area contributed by atoms with Crippen molar-refractivity contribution in [2.75, 3.05) is 25.4 Å². The standard InChI is InChI=1S/C20H21F2N5O2/c21-20(22)3-5-26(6-4-20)7-8-27-12-15-9-13(1-2-17(15)25-27)14-10-16(19(28)29)18(23)24-11-14/h1-2,9-12H,3-8H2,(H2,23,24)(H,28,29). The summed E-state index contributed by atoms with van der Waals surface area (Å²) in [4.78, 5) is 17.3. The Morgan fingerprint density at radius 1 is 1.17 bits per heavy atom. The number of aromatic nitrogens is 3. The molecular formula is C20H21F2N5O2. The van der Waals surface area contributed by atoms with Crippen molar-refractivity contribution < 1.29 is 18.7 Å². The van der Waals surface area contributed by atoms with Crippen LogP contribution in [0.15, 0.2) is 36.7 Å². The summed E-state index contributed by atoms with van der Waals surface area (Å²) in [5, 5.41) is 14.7. The lowest BCUT2D eigenvalue weighted by atomic mass is 10.0. The van der Waals surface area contributed by atoms with Crippen molar-refractivity contribution in [2.45, 2.75) is 25.3 Å². The zero-order valence-electron chi connectivity index (χ0n) is 15.7. The van der Waals surface area contributed by atoms with Crippen molar-refractivity contribution in [1.29, 1.82) is 0 Å². The number of hydrogen-bond acceptors (Lipinski definition) is 5. The lowest BCUT2D eigenvalue weighted by Crippen LogP contribution is -2.40. The molecule has 2 aromatic heterocycles. The third kappa shape index (κ3) is 4.19. The predicted molar refractivity (Wildman–Crippen MR) is 105 cm³/mol. The molecule has 1 aromatic carbocycles. The summed E-state index contributed by atoms with van der Waals surface area (Å²) in [6.45, 7) is 2.07. The predicted octanol–water partition coefficient (Wildman–Crippen LogP) is 3.11. The molecule has 0 spiro atoms. The number of carbonyl (C=O) groups is 1. The first-order chi connectivity index (χ1) is 13.8. The van der Waals surface area contributed by atoms with Gasteiger partial charge in [-0.15, -0.1) is 0 Å². The molecule has 0 saturated carbocycles. The Kier molecular flexibility index (Phi) is 4.91. The van der Waals surface area contributed by atoms with E-state index in [1.807, 2.05) is 34.0 Å². The topological polar surface area (TPSA) is 97.3 Å². The number of pyridine rings is 1. The lowest BCUT2D eigenvalue weighted by molar-refractivity contribution is -0.0555. The highest BCUT2D eigenvalue weighted by Crippen LogP contribution is 2.28. The van der Waals surface area contributed by atoms with Crippen molar-refractivity contribution >= 4 is 22.7 Å². The second-order valence-corrected chi connectivity index (χ2v) is 7.33. The molecule has 0 bridgehead atoms. The molecular weight excluding hydrogens is 380 g/mol. The number of nitrogen functional groups attached to an aromatic ring is 1. The van der Waals surface area contributed by atoms with E-state index in [2.05, 4.69) is 10.1 Å². The highest BCUT2D eigenvalue weighted by molar-refractivity contribution is 5.94. The SMILES string of the molecule is Nc1ncc(-c2ccc3nn(CCN4CCC(F)(F)CC4)cc3c2)cc1C(=O)O. The molecule has 3 aromatic rings. The van der Waals surface area contributed by atoms with Gasteiger partial charge in [-0.3, -0.25) is 4.68 Å². The number of benzene rings is 1. The van der Waals surface area contributed by atoms with Crippen molar-refractivity contribution in [3.63, 3.8) is 0 Å². The molecule has 0 unspecified atom stereocenters.